The molecule has 0 aromatic carbocycles. The van der Waals surface area contributed by atoms with E-state index in [2.05, 4.69) is 48.6 Å². The third kappa shape index (κ3) is 0.668. The summed E-state index contributed by atoms with van der Waals surface area (Å²) in [6, 6.07) is 0. The zero-order valence-electron chi connectivity index (χ0n) is 6.62. The molecule has 0 atom stereocenters. The lowest BCUT2D eigenvalue weighted by Crippen LogP contribution is -2.02. The normalized spacial score (nSPS) is 22.7. The van der Waals surface area contributed by atoms with E-state index < -0.39 is 0 Å². The smallest absolute Gasteiger partial charge is 0.0172 e. The minimum absolute atomic E-state index is 1.36. The Kier molecular flexibility index (Phi) is 0.991. The molecule has 0 aliphatic heterocycles. The van der Waals surface area contributed by atoms with Crippen LogP contribution in [0, 0.1) is 0 Å². The standard InChI is InChI=1S/C12H8/c1-3-9(4-1)11-7-12(8-11)10-5-2-6-10/h1-8H. The van der Waals surface area contributed by atoms with E-state index in [0.717, 1.165) is 0 Å². The summed E-state index contributed by atoms with van der Waals surface area (Å²) in [6.45, 7) is 0. The first-order chi connectivity index (χ1) is 5.93. The Morgan fingerprint density at radius 2 is 1.00 bits per heavy atom. The van der Waals surface area contributed by atoms with Gasteiger partial charge in [0.1, 0.15) is 0 Å². The Labute approximate surface area is 71.6 Å². The highest BCUT2D eigenvalue weighted by Gasteiger charge is 2.15. The second-order valence-electron chi connectivity index (χ2n) is 3.16. The van der Waals surface area contributed by atoms with E-state index in [0.29, 0.717) is 0 Å². The molecule has 0 saturated heterocycles. The van der Waals surface area contributed by atoms with Crippen LogP contribution in [0.3, 0.4) is 0 Å². The van der Waals surface area contributed by atoms with Crippen molar-refractivity contribution in [2.45, 2.75) is 0 Å². The number of hydrogen-bond acceptors (Lipinski definition) is 0. The first-order valence-corrected chi connectivity index (χ1v) is 4.14. The van der Waals surface area contributed by atoms with Crippen molar-refractivity contribution < 1.29 is 0 Å². The molecule has 0 bridgehead atoms. The van der Waals surface area contributed by atoms with Crippen molar-refractivity contribution in [3.05, 3.63) is 70.9 Å². The van der Waals surface area contributed by atoms with E-state index in [9.17, 15) is 0 Å². The van der Waals surface area contributed by atoms with E-state index in [-0.39, 0.29) is 0 Å². The van der Waals surface area contributed by atoms with Crippen LogP contribution in [0.5, 0.6) is 0 Å². The van der Waals surface area contributed by atoms with Gasteiger partial charge >= 0.3 is 0 Å². The van der Waals surface area contributed by atoms with Crippen molar-refractivity contribution in [2.24, 2.45) is 0 Å². The van der Waals surface area contributed by atoms with Crippen LogP contribution in [0.25, 0.3) is 0 Å². The molecule has 3 aliphatic carbocycles. The van der Waals surface area contributed by atoms with Gasteiger partial charge in [0, 0.05) is 0 Å². The fraction of sp³-hybridized carbons (Fsp3) is 0. The Bertz CT molecular complexity index is 373. The fourth-order valence-corrected chi connectivity index (χ4v) is 1.43. The molecule has 56 valence electrons. The molecule has 0 N–H and O–H groups in total. The van der Waals surface area contributed by atoms with Gasteiger partial charge in [-0.3, -0.25) is 0 Å². The van der Waals surface area contributed by atoms with Gasteiger partial charge in [-0.2, -0.15) is 0 Å². The molecular formula is C12H8. The SMILES string of the molecule is C1=CC(C2=CC(C3=CC=C3)=C2)=C1. The van der Waals surface area contributed by atoms with Crippen molar-refractivity contribution >= 4 is 0 Å². The highest BCUT2D eigenvalue weighted by Crippen LogP contribution is 2.34. The summed E-state index contributed by atoms with van der Waals surface area (Å²) in [7, 11) is 0. The zero-order chi connectivity index (χ0) is 7.97. The maximum absolute atomic E-state index is 2.24. The van der Waals surface area contributed by atoms with Gasteiger partial charge in [0.05, 0.1) is 0 Å². The van der Waals surface area contributed by atoms with E-state index in [1.807, 2.05) is 0 Å². The van der Waals surface area contributed by atoms with Gasteiger partial charge < -0.3 is 0 Å². The summed E-state index contributed by atoms with van der Waals surface area (Å²) in [5.74, 6) is 0. The maximum atomic E-state index is 2.24. The lowest BCUT2D eigenvalue weighted by molar-refractivity contribution is 1.34. The Morgan fingerprint density at radius 3 is 1.25 bits per heavy atom. The molecule has 0 heteroatoms. The van der Waals surface area contributed by atoms with Crippen LogP contribution in [-0.4, -0.2) is 0 Å². The molecule has 3 aliphatic rings. The molecule has 3 rings (SSSR count). The predicted octanol–water partition coefficient (Wildman–Crippen LogP) is 2.85. The summed E-state index contributed by atoms with van der Waals surface area (Å²) < 4.78 is 0. The molecule has 12 heavy (non-hydrogen) atoms. The highest BCUT2D eigenvalue weighted by atomic mass is 14.2. The first kappa shape index (κ1) is 6.01. The predicted molar refractivity (Wildman–Crippen MR) is 50.6 cm³/mol. The third-order valence-electron chi connectivity index (χ3n) is 2.39. The van der Waals surface area contributed by atoms with E-state index in [1.165, 1.54) is 22.3 Å². The summed E-state index contributed by atoms with van der Waals surface area (Å²) in [4.78, 5) is 0. The van der Waals surface area contributed by atoms with Gasteiger partial charge in [-0.05, 0) is 34.4 Å². The van der Waals surface area contributed by atoms with Crippen LogP contribution in [0.2, 0.25) is 0 Å². The maximum Gasteiger partial charge on any atom is -0.0172 e. The van der Waals surface area contributed by atoms with E-state index >= 15 is 0 Å². The second-order valence-corrected chi connectivity index (χ2v) is 3.16. The molecular weight excluding hydrogens is 144 g/mol. The monoisotopic (exact) mass is 152 g/mol. The summed E-state index contributed by atoms with van der Waals surface area (Å²) in [6.07, 6.45) is 17.2. The molecule has 0 aromatic rings. The van der Waals surface area contributed by atoms with Crippen molar-refractivity contribution in [1.29, 1.82) is 0 Å². The van der Waals surface area contributed by atoms with Crippen LogP contribution in [-0.2, 0) is 0 Å². The Hall–Kier alpha value is -1.56. The molecule has 0 fully saturated rings. The topological polar surface area (TPSA) is 0 Å². The molecule has 0 radical (unpaired) electrons. The molecule has 0 amide bonds. The Morgan fingerprint density at radius 1 is 0.583 bits per heavy atom. The summed E-state index contributed by atoms with van der Waals surface area (Å²) in [5, 5.41) is 0. The van der Waals surface area contributed by atoms with Gasteiger partial charge in [-0.25, -0.2) is 0 Å². The molecule has 0 heterocycles. The molecule has 0 saturated carbocycles. The minimum atomic E-state index is 1.36. The van der Waals surface area contributed by atoms with Crippen LogP contribution in [0.4, 0.5) is 0 Å². The Balaban J connectivity index is 1.75. The quantitative estimate of drug-likeness (QED) is 0.570. The van der Waals surface area contributed by atoms with Crippen molar-refractivity contribution in [3.63, 3.8) is 0 Å². The molecule has 0 aromatic heterocycles. The van der Waals surface area contributed by atoms with Crippen molar-refractivity contribution in [1.82, 2.24) is 0 Å². The minimum Gasteiger partial charge on any atom is -0.0610 e. The second kappa shape index (κ2) is 1.98. The van der Waals surface area contributed by atoms with Gasteiger partial charge in [-0.1, -0.05) is 36.5 Å². The number of allylic oxidation sites excluding steroid dienone is 12. The number of hydrogen-bond donors (Lipinski definition) is 0. The van der Waals surface area contributed by atoms with Crippen LogP contribution in [0.1, 0.15) is 0 Å². The molecule has 0 spiro atoms. The van der Waals surface area contributed by atoms with Crippen LogP contribution < -0.4 is 0 Å². The van der Waals surface area contributed by atoms with Gasteiger partial charge in [0.25, 0.3) is 0 Å². The summed E-state index contributed by atoms with van der Waals surface area (Å²) in [5.41, 5.74) is 5.47. The molecule has 0 nitrogen and oxygen atoms in total. The van der Waals surface area contributed by atoms with Crippen LogP contribution >= 0.6 is 0 Å². The van der Waals surface area contributed by atoms with Gasteiger partial charge in [0.2, 0.25) is 0 Å². The largest absolute Gasteiger partial charge is 0.0610 e. The van der Waals surface area contributed by atoms with Gasteiger partial charge in [0.15, 0.2) is 0 Å². The fourth-order valence-electron chi connectivity index (χ4n) is 1.43. The van der Waals surface area contributed by atoms with Crippen molar-refractivity contribution in [3.8, 4) is 0 Å². The van der Waals surface area contributed by atoms with E-state index in [4.69, 9.17) is 0 Å². The van der Waals surface area contributed by atoms with E-state index in [1.54, 1.807) is 0 Å². The average molecular weight is 152 g/mol. The summed E-state index contributed by atoms with van der Waals surface area (Å²) >= 11 is 0. The van der Waals surface area contributed by atoms with Crippen LogP contribution in [0.15, 0.2) is 70.9 Å². The van der Waals surface area contributed by atoms with Crippen molar-refractivity contribution in [2.75, 3.05) is 0 Å². The molecule has 0 unspecified atom stereocenters. The highest BCUT2D eigenvalue weighted by molar-refractivity contribution is 5.69. The zero-order valence-corrected chi connectivity index (χ0v) is 6.62. The lowest BCUT2D eigenvalue weighted by atomic mass is 9.84. The van der Waals surface area contributed by atoms with Gasteiger partial charge in [-0.15, -0.1) is 0 Å². The third-order valence-corrected chi connectivity index (χ3v) is 2.39. The first-order valence-electron chi connectivity index (χ1n) is 4.14. The average Bonchev–Trinajstić information content (AvgIpc) is 1.73. The number of rotatable bonds is 2. The lowest BCUT2D eigenvalue weighted by Gasteiger charge is -2.20.